The summed E-state index contributed by atoms with van der Waals surface area (Å²) in [5.74, 6) is 0.162. The Morgan fingerprint density at radius 1 is 1.37 bits per heavy atom. The van der Waals surface area contributed by atoms with Crippen molar-refractivity contribution in [3.63, 3.8) is 0 Å². The molecule has 0 bridgehead atoms. The molecular formula is C10H10N6O2S. The highest BCUT2D eigenvalue weighted by atomic mass is 32.2. The summed E-state index contributed by atoms with van der Waals surface area (Å²) in [6.45, 7) is 1.82. The zero-order valence-corrected chi connectivity index (χ0v) is 11.0. The molecule has 9 heteroatoms. The van der Waals surface area contributed by atoms with Crippen molar-refractivity contribution in [2.45, 2.75) is 17.1 Å². The lowest BCUT2D eigenvalue weighted by Crippen LogP contribution is -2.02. The van der Waals surface area contributed by atoms with Gasteiger partial charge in [0.2, 0.25) is 5.82 Å². The summed E-state index contributed by atoms with van der Waals surface area (Å²) < 4.78 is 0. The smallest absolute Gasteiger partial charge is 0.343 e. The summed E-state index contributed by atoms with van der Waals surface area (Å²) in [5.41, 5.74) is 0.600. The molecule has 1 N–H and O–H groups in total. The van der Waals surface area contributed by atoms with E-state index in [1.807, 2.05) is 6.92 Å². The summed E-state index contributed by atoms with van der Waals surface area (Å²) >= 11 is 1.03. The van der Waals surface area contributed by atoms with Crippen LogP contribution in [0.4, 0.5) is 11.5 Å². The molecule has 2 rings (SSSR count). The van der Waals surface area contributed by atoms with Gasteiger partial charge in [-0.1, -0.05) is 0 Å². The van der Waals surface area contributed by atoms with Crippen LogP contribution in [-0.4, -0.2) is 31.9 Å². The van der Waals surface area contributed by atoms with Crippen LogP contribution in [0.15, 0.2) is 28.8 Å². The SMILES string of the molecule is CNc1ncnc(Sc2nccc(C)n2)c1[N+](=O)[O-]. The van der Waals surface area contributed by atoms with Crippen LogP contribution in [0, 0.1) is 17.0 Å². The lowest BCUT2D eigenvalue weighted by atomic mass is 10.5. The molecule has 0 aliphatic rings. The first-order valence-electron chi connectivity index (χ1n) is 5.26. The Bertz CT molecular complexity index is 621. The lowest BCUT2D eigenvalue weighted by Gasteiger charge is -2.04. The Morgan fingerprint density at radius 3 is 2.79 bits per heavy atom. The van der Waals surface area contributed by atoms with E-state index in [0.717, 1.165) is 17.5 Å². The van der Waals surface area contributed by atoms with Crippen molar-refractivity contribution in [1.82, 2.24) is 19.9 Å². The first kappa shape index (κ1) is 13.1. The fourth-order valence-corrected chi connectivity index (χ4v) is 2.19. The van der Waals surface area contributed by atoms with Gasteiger partial charge in [-0.25, -0.2) is 19.9 Å². The van der Waals surface area contributed by atoms with Crippen molar-refractivity contribution in [3.05, 3.63) is 34.4 Å². The van der Waals surface area contributed by atoms with Crippen molar-refractivity contribution in [2.75, 3.05) is 12.4 Å². The average Bonchev–Trinajstić information content (AvgIpc) is 2.38. The number of hydrogen-bond acceptors (Lipinski definition) is 8. The van der Waals surface area contributed by atoms with Crippen molar-refractivity contribution in [2.24, 2.45) is 0 Å². The Labute approximate surface area is 112 Å². The van der Waals surface area contributed by atoms with Gasteiger partial charge in [-0.15, -0.1) is 0 Å². The van der Waals surface area contributed by atoms with E-state index in [4.69, 9.17) is 0 Å². The van der Waals surface area contributed by atoms with E-state index in [9.17, 15) is 10.1 Å². The second-order valence-corrected chi connectivity index (χ2v) is 4.42. The van der Waals surface area contributed by atoms with Gasteiger partial charge in [-0.2, -0.15) is 0 Å². The van der Waals surface area contributed by atoms with E-state index in [0.29, 0.717) is 5.16 Å². The Kier molecular flexibility index (Phi) is 3.85. The van der Waals surface area contributed by atoms with Crippen LogP contribution in [0.25, 0.3) is 0 Å². The van der Waals surface area contributed by atoms with Crippen molar-refractivity contribution in [1.29, 1.82) is 0 Å². The number of nitro groups is 1. The molecule has 0 saturated heterocycles. The van der Waals surface area contributed by atoms with Crippen LogP contribution in [0.1, 0.15) is 5.69 Å². The van der Waals surface area contributed by atoms with E-state index < -0.39 is 4.92 Å². The molecule has 0 atom stereocenters. The monoisotopic (exact) mass is 278 g/mol. The zero-order chi connectivity index (χ0) is 13.8. The third-order valence-corrected chi connectivity index (χ3v) is 3.04. The van der Waals surface area contributed by atoms with Gasteiger partial charge >= 0.3 is 5.69 Å². The predicted molar refractivity (Wildman–Crippen MR) is 69.1 cm³/mol. The van der Waals surface area contributed by atoms with E-state index in [1.54, 1.807) is 19.3 Å². The second kappa shape index (κ2) is 5.57. The van der Waals surface area contributed by atoms with Crippen LogP contribution >= 0.6 is 11.8 Å². The highest BCUT2D eigenvalue weighted by Gasteiger charge is 2.23. The molecule has 0 spiro atoms. The highest BCUT2D eigenvalue weighted by Crippen LogP contribution is 2.34. The van der Waals surface area contributed by atoms with E-state index >= 15 is 0 Å². The van der Waals surface area contributed by atoms with E-state index in [2.05, 4.69) is 25.3 Å². The third-order valence-electron chi connectivity index (χ3n) is 2.17. The lowest BCUT2D eigenvalue weighted by molar-refractivity contribution is -0.387. The van der Waals surface area contributed by atoms with Crippen molar-refractivity contribution < 1.29 is 4.92 Å². The predicted octanol–water partition coefficient (Wildman–Crippen LogP) is 1.68. The molecule has 2 aromatic rings. The van der Waals surface area contributed by atoms with Crippen LogP contribution in [0.2, 0.25) is 0 Å². The number of hydrogen-bond donors (Lipinski definition) is 1. The van der Waals surface area contributed by atoms with Crippen molar-refractivity contribution in [3.8, 4) is 0 Å². The molecule has 2 aromatic heterocycles. The highest BCUT2D eigenvalue weighted by molar-refractivity contribution is 7.99. The molecule has 0 unspecified atom stereocenters. The summed E-state index contributed by atoms with van der Waals surface area (Å²) in [7, 11) is 1.56. The largest absolute Gasteiger partial charge is 0.367 e. The molecular weight excluding hydrogens is 268 g/mol. The normalized spacial score (nSPS) is 10.2. The molecule has 0 aliphatic carbocycles. The minimum atomic E-state index is -0.524. The zero-order valence-electron chi connectivity index (χ0n) is 10.2. The molecule has 0 amide bonds. The van der Waals surface area contributed by atoms with E-state index in [-0.39, 0.29) is 16.5 Å². The second-order valence-electron chi connectivity index (χ2n) is 3.47. The first-order chi connectivity index (χ1) is 9.11. The molecule has 0 fully saturated rings. The summed E-state index contributed by atoms with van der Waals surface area (Å²) in [5, 5.41) is 14.4. The maximum absolute atomic E-state index is 11.1. The maximum atomic E-state index is 11.1. The topological polar surface area (TPSA) is 107 Å². The van der Waals surface area contributed by atoms with Gasteiger partial charge in [0.05, 0.1) is 4.92 Å². The molecule has 0 aliphatic heterocycles. The van der Waals surface area contributed by atoms with Gasteiger partial charge < -0.3 is 5.32 Å². The van der Waals surface area contributed by atoms with Crippen LogP contribution in [0.5, 0.6) is 0 Å². The van der Waals surface area contributed by atoms with E-state index in [1.165, 1.54) is 6.33 Å². The Balaban J connectivity index is 2.42. The van der Waals surface area contributed by atoms with Gasteiger partial charge in [-0.05, 0) is 24.8 Å². The molecule has 8 nitrogen and oxygen atoms in total. The summed E-state index contributed by atoms with van der Waals surface area (Å²) in [6, 6.07) is 1.75. The number of aryl methyl sites for hydroxylation is 1. The average molecular weight is 278 g/mol. The summed E-state index contributed by atoms with van der Waals surface area (Å²) in [6.07, 6.45) is 2.85. The number of aromatic nitrogens is 4. The minimum absolute atomic E-state index is 0.162. The fraction of sp³-hybridized carbons (Fsp3) is 0.200. The minimum Gasteiger partial charge on any atom is -0.367 e. The molecule has 0 saturated carbocycles. The van der Waals surface area contributed by atoms with Gasteiger partial charge in [0.25, 0.3) is 0 Å². The molecule has 98 valence electrons. The molecule has 0 aromatic carbocycles. The number of rotatable bonds is 4. The van der Waals surface area contributed by atoms with Crippen LogP contribution in [-0.2, 0) is 0 Å². The Morgan fingerprint density at radius 2 is 2.16 bits per heavy atom. The summed E-state index contributed by atoms with van der Waals surface area (Å²) in [4.78, 5) is 26.5. The van der Waals surface area contributed by atoms with Gasteiger partial charge in [-0.3, -0.25) is 10.1 Å². The third kappa shape index (κ3) is 2.94. The number of anilines is 1. The molecule has 2 heterocycles. The van der Waals surface area contributed by atoms with Gasteiger partial charge in [0.15, 0.2) is 10.2 Å². The molecule has 0 radical (unpaired) electrons. The quantitative estimate of drug-likeness (QED) is 0.389. The van der Waals surface area contributed by atoms with Gasteiger partial charge in [0, 0.05) is 18.9 Å². The van der Waals surface area contributed by atoms with Gasteiger partial charge in [0.1, 0.15) is 6.33 Å². The fourth-order valence-electron chi connectivity index (χ4n) is 1.35. The number of nitrogens with zero attached hydrogens (tertiary/aromatic N) is 5. The maximum Gasteiger partial charge on any atom is 0.343 e. The Hall–Kier alpha value is -2.29. The van der Waals surface area contributed by atoms with Crippen LogP contribution in [0.3, 0.4) is 0 Å². The van der Waals surface area contributed by atoms with Crippen LogP contribution < -0.4 is 5.32 Å². The molecule has 19 heavy (non-hydrogen) atoms. The first-order valence-corrected chi connectivity index (χ1v) is 6.08. The standard InChI is InChI=1S/C10H10N6O2S/c1-6-3-4-12-10(15-6)19-9-7(16(17)18)8(11-2)13-5-14-9/h3-5H,1-2H3,(H,11,13,14). The van der Waals surface area contributed by atoms with Crippen molar-refractivity contribution >= 4 is 23.3 Å². The number of nitrogens with one attached hydrogen (secondary N) is 1.